The van der Waals surface area contributed by atoms with E-state index in [4.69, 9.17) is 4.52 Å². The van der Waals surface area contributed by atoms with E-state index in [2.05, 4.69) is 5.16 Å². The van der Waals surface area contributed by atoms with Gasteiger partial charge in [-0.2, -0.15) is 4.31 Å². The topological polar surface area (TPSA) is 83.7 Å². The Morgan fingerprint density at radius 1 is 1.12 bits per heavy atom. The van der Waals surface area contributed by atoms with Crippen molar-refractivity contribution in [3.05, 3.63) is 41.3 Å². The number of benzene rings is 1. The van der Waals surface area contributed by atoms with Gasteiger partial charge in [0.25, 0.3) is 5.91 Å². The van der Waals surface area contributed by atoms with E-state index in [1.165, 1.54) is 4.31 Å². The predicted molar refractivity (Wildman–Crippen MR) is 95.7 cm³/mol. The van der Waals surface area contributed by atoms with E-state index in [0.717, 1.165) is 36.9 Å². The number of aryl methyl sites for hydroxylation is 2. The lowest BCUT2D eigenvalue weighted by atomic mass is 10.0. The summed E-state index contributed by atoms with van der Waals surface area (Å²) in [6, 6.07) is 6.67. The number of anilines is 1. The van der Waals surface area contributed by atoms with Crippen molar-refractivity contribution in [3.8, 4) is 0 Å². The summed E-state index contributed by atoms with van der Waals surface area (Å²) in [7, 11) is -3.46. The Bertz CT molecular complexity index is 945. The fourth-order valence-corrected chi connectivity index (χ4v) is 5.19. The number of sulfonamides is 1. The molecule has 1 amide bonds. The first-order valence-electron chi connectivity index (χ1n) is 8.85. The number of nitrogens with zero attached hydrogens (tertiary/aromatic N) is 3. The minimum Gasteiger partial charge on any atom is -0.351 e. The highest BCUT2D eigenvalue weighted by Crippen LogP contribution is 2.32. The second-order valence-electron chi connectivity index (χ2n) is 6.79. The van der Waals surface area contributed by atoms with Gasteiger partial charge in [-0.25, -0.2) is 8.42 Å². The molecule has 0 N–H and O–H groups in total. The lowest BCUT2D eigenvalue weighted by Gasteiger charge is -2.29. The van der Waals surface area contributed by atoms with Crippen LogP contribution in [0, 0.1) is 6.92 Å². The number of hydrogen-bond donors (Lipinski definition) is 0. The standard InChI is InChI=1S/C18H21N3O4S/c1-13-11-17(25-19-13)18(22)21-10-4-5-14-12-15(6-7-16(14)21)26(23,24)20-8-2-3-9-20/h6-7,11-12H,2-5,8-10H2,1H3. The van der Waals surface area contributed by atoms with Gasteiger partial charge < -0.3 is 9.42 Å². The van der Waals surface area contributed by atoms with Crippen LogP contribution in [0.25, 0.3) is 0 Å². The van der Waals surface area contributed by atoms with E-state index in [-0.39, 0.29) is 11.7 Å². The minimum atomic E-state index is -3.46. The average molecular weight is 375 g/mol. The first-order chi connectivity index (χ1) is 12.5. The lowest BCUT2D eigenvalue weighted by molar-refractivity contribution is 0.0949. The molecular weight excluding hydrogens is 354 g/mol. The Hall–Kier alpha value is -2.19. The molecule has 0 atom stereocenters. The molecule has 26 heavy (non-hydrogen) atoms. The summed E-state index contributed by atoms with van der Waals surface area (Å²) in [4.78, 5) is 14.7. The van der Waals surface area contributed by atoms with Gasteiger partial charge in [0.15, 0.2) is 0 Å². The quantitative estimate of drug-likeness (QED) is 0.822. The van der Waals surface area contributed by atoms with Crippen molar-refractivity contribution in [2.24, 2.45) is 0 Å². The van der Waals surface area contributed by atoms with Crippen molar-refractivity contribution in [1.29, 1.82) is 0 Å². The van der Waals surface area contributed by atoms with Crippen LogP contribution in [0.2, 0.25) is 0 Å². The van der Waals surface area contributed by atoms with Crippen LogP contribution in [0.15, 0.2) is 33.7 Å². The third-order valence-corrected chi connectivity index (χ3v) is 6.85. The highest BCUT2D eigenvalue weighted by Gasteiger charge is 2.30. The maximum atomic E-state index is 12.8. The van der Waals surface area contributed by atoms with Crippen LogP contribution < -0.4 is 4.90 Å². The molecule has 2 aliphatic rings. The number of hydrogen-bond acceptors (Lipinski definition) is 5. The van der Waals surface area contributed by atoms with E-state index in [1.807, 2.05) is 0 Å². The first kappa shape index (κ1) is 17.2. The van der Waals surface area contributed by atoms with Gasteiger partial charge >= 0.3 is 0 Å². The smallest absolute Gasteiger partial charge is 0.296 e. The largest absolute Gasteiger partial charge is 0.351 e. The van der Waals surface area contributed by atoms with E-state index >= 15 is 0 Å². The summed E-state index contributed by atoms with van der Waals surface area (Å²) in [5.74, 6) is -0.0502. The van der Waals surface area contributed by atoms with Crippen molar-refractivity contribution in [2.75, 3.05) is 24.5 Å². The molecule has 2 aromatic rings. The van der Waals surface area contributed by atoms with Crippen LogP contribution in [0.4, 0.5) is 5.69 Å². The molecule has 0 saturated carbocycles. The van der Waals surface area contributed by atoms with E-state index < -0.39 is 10.0 Å². The van der Waals surface area contributed by atoms with Crippen LogP contribution in [0.5, 0.6) is 0 Å². The Labute approximate surface area is 152 Å². The summed E-state index contributed by atoms with van der Waals surface area (Å²) < 4.78 is 32.2. The van der Waals surface area contributed by atoms with Gasteiger partial charge in [0, 0.05) is 31.4 Å². The zero-order chi connectivity index (χ0) is 18.3. The summed E-state index contributed by atoms with van der Waals surface area (Å²) in [6.07, 6.45) is 3.34. The van der Waals surface area contributed by atoms with Crippen LogP contribution in [0.3, 0.4) is 0 Å². The van der Waals surface area contributed by atoms with Crippen LogP contribution in [-0.2, 0) is 16.4 Å². The molecule has 0 radical (unpaired) electrons. The number of aromatic nitrogens is 1. The van der Waals surface area contributed by atoms with Gasteiger partial charge in [-0.3, -0.25) is 4.79 Å². The molecule has 0 unspecified atom stereocenters. The SMILES string of the molecule is Cc1cc(C(=O)N2CCCc3cc(S(=O)(=O)N4CCCC4)ccc32)on1. The van der Waals surface area contributed by atoms with Gasteiger partial charge in [-0.15, -0.1) is 0 Å². The van der Waals surface area contributed by atoms with E-state index in [1.54, 1.807) is 36.1 Å². The Morgan fingerprint density at radius 3 is 2.58 bits per heavy atom. The number of rotatable bonds is 3. The molecule has 0 bridgehead atoms. The van der Waals surface area contributed by atoms with Gasteiger partial charge in [0.05, 0.1) is 10.6 Å². The zero-order valence-electron chi connectivity index (χ0n) is 14.6. The van der Waals surface area contributed by atoms with E-state index in [0.29, 0.717) is 30.2 Å². The lowest BCUT2D eigenvalue weighted by Crippen LogP contribution is -2.35. The van der Waals surface area contributed by atoms with Crippen molar-refractivity contribution in [3.63, 3.8) is 0 Å². The van der Waals surface area contributed by atoms with Gasteiger partial charge in [-0.05, 0) is 56.4 Å². The molecule has 7 nitrogen and oxygen atoms in total. The first-order valence-corrected chi connectivity index (χ1v) is 10.3. The molecular formula is C18H21N3O4S. The number of carbonyl (C=O) groups is 1. The number of amides is 1. The molecule has 1 aromatic carbocycles. The van der Waals surface area contributed by atoms with Crippen molar-refractivity contribution in [2.45, 2.75) is 37.5 Å². The summed E-state index contributed by atoms with van der Waals surface area (Å²) in [5.41, 5.74) is 2.27. The third kappa shape index (κ3) is 2.93. The molecule has 0 aliphatic carbocycles. The van der Waals surface area contributed by atoms with Crippen molar-refractivity contribution >= 4 is 21.6 Å². The maximum Gasteiger partial charge on any atom is 0.296 e. The Morgan fingerprint density at radius 2 is 1.88 bits per heavy atom. The van der Waals surface area contributed by atoms with Crippen molar-refractivity contribution < 1.29 is 17.7 Å². The van der Waals surface area contributed by atoms with E-state index in [9.17, 15) is 13.2 Å². The highest BCUT2D eigenvalue weighted by molar-refractivity contribution is 7.89. The molecule has 0 spiro atoms. The van der Waals surface area contributed by atoms with Crippen LogP contribution in [-0.4, -0.2) is 43.4 Å². The highest BCUT2D eigenvalue weighted by atomic mass is 32.2. The number of fused-ring (bicyclic) bond motifs is 1. The fourth-order valence-electron chi connectivity index (χ4n) is 3.62. The molecule has 1 saturated heterocycles. The monoisotopic (exact) mass is 375 g/mol. The van der Waals surface area contributed by atoms with Gasteiger partial charge in [-0.1, -0.05) is 5.16 Å². The Kier molecular flexibility index (Phi) is 4.32. The third-order valence-electron chi connectivity index (χ3n) is 4.96. The number of carbonyl (C=O) groups excluding carboxylic acids is 1. The molecule has 138 valence electrons. The van der Waals surface area contributed by atoms with Crippen LogP contribution >= 0.6 is 0 Å². The molecule has 1 aromatic heterocycles. The molecule has 1 fully saturated rings. The van der Waals surface area contributed by atoms with Gasteiger partial charge in [0.2, 0.25) is 15.8 Å². The second-order valence-corrected chi connectivity index (χ2v) is 8.73. The summed E-state index contributed by atoms with van der Waals surface area (Å²) in [6.45, 7) is 3.49. The average Bonchev–Trinajstić information content (AvgIpc) is 3.32. The molecule has 3 heterocycles. The van der Waals surface area contributed by atoms with Crippen LogP contribution in [0.1, 0.15) is 41.1 Å². The minimum absolute atomic E-state index is 0.198. The predicted octanol–water partition coefficient (Wildman–Crippen LogP) is 2.36. The summed E-state index contributed by atoms with van der Waals surface area (Å²) >= 11 is 0. The fraction of sp³-hybridized carbons (Fsp3) is 0.444. The zero-order valence-corrected chi connectivity index (χ0v) is 15.5. The molecule has 8 heteroatoms. The van der Waals surface area contributed by atoms with Crippen molar-refractivity contribution in [1.82, 2.24) is 9.46 Å². The Balaban J connectivity index is 1.67. The molecule has 2 aliphatic heterocycles. The van der Waals surface area contributed by atoms with Gasteiger partial charge in [0.1, 0.15) is 0 Å². The second kappa shape index (κ2) is 6.51. The normalized spacial score (nSPS) is 18.1. The summed E-state index contributed by atoms with van der Waals surface area (Å²) in [5, 5.41) is 3.77. The maximum absolute atomic E-state index is 12.8. The molecule has 4 rings (SSSR count).